The summed E-state index contributed by atoms with van der Waals surface area (Å²) in [5, 5.41) is 2.81. The molecule has 0 spiro atoms. The van der Waals surface area contributed by atoms with E-state index in [1.807, 2.05) is 6.92 Å². The number of hydrogen-bond acceptors (Lipinski definition) is 3. The van der Waals surface area contributed by atoms with Crippen molar-refractivity contribution in [3.63, 3.8) is 0 Å². The summed E-state index contributed by atoms with van der Waals surface area (Å²) in [5.74, 6) is 0. The van der Waals surface area contributed by atoms with Gasteiger partial charge in [0.2, 0.25) is 10.0 Å². The Bertz CT molecular complexity index is 576. The normalized spacial score (nSPS) is 12.6. The van der Waals surface area contributed by atoms with Gasteiger partial charge in [-0.05, 0) is 37.7 Å². The van der Waals surface area contributed by atoms with Crippen molar-refractivity contribution in [1.29, 1.82) is 0 Å². The Morgan fingerprint density at radius 1 is 1.24 bits per heavy atom. The monoisotopic (exact) mass is 344 g/mol. The first kappa shape index (κ1) is 18.2. The second-order valence-corrected chi connectivity index (χ2v) is 6.41. The van der Waals surface area contributed by atoms with E-state index >= 15 is 0 Å². The van der Waals surface area contributed by atoms with Gasteiger partial charge in [-0.15, -0.1) is 0 Å². The van der Waals surface area contributed by atoms with Crippen molar-refractivity contribution in [2.45, 2.75) is 24.4 Å². The number of hydrogen-bond donors (Lipinski definition) is 2. The summed E-state index contributed by atoms with van der Waals surface area (Å²) < 4.78 is 64.8. The maximum Gasteiger partial charge on any atom is 0.417 e. The second-order valence-electron chi connectivity index (χ2n) is 4.24. The smallest absolute Gasteiger partial charge is 0.317 e. The van der Waals surface area contributed by atoms with Crippen molar-refractivity contribution in [2.24, 2.45) is 0 Å². The Labute approximate surface area is 126 Å². The molecule has 0 radical (unpaired) electrons. The predicted molar refractivity (Wildman–Crippen MR) is 74.8 cm³/mol. The fraction of sp³-hybridized carbons (Fsp3) is 0.500. The number of rotatable bonds is 7. The zero-order chi connectivity index (χ0) is 16.1. The van der Waals surface area contributed by atoms with Crippen LogP contribution in [-0.2, 0) is 16.2 Å². The van der Waals surface area contributed by atoms with E-state index in [1.165, 1.54) is 0 Å². The lowest BCUT2D eigenvalue weighted by Gasteiger charge is -2.14. The van der Waals surface area contributed by atoms with Gasteiger partial charge in [0.1, 0.15) is 0 Å². The van der Waals surface area contributed by atoms with E-state index in [-0.39, 0.29) is 11.6 Å². The standard InChI is InChI=1S/C12H16ClF3N2O2S/c1-2-17-6-3-7-18-21(19,20)11-5-4-9(13)8-10(11)12(14,15)16/h4-5,8,17-18H,2-3,6-7H2,1H3. The van der Waals surface area contributed by atoms with Crippen molar-refractivity contribution in [1.82, 2.24) is 10.0 Å². The molecule has 1 aromatic carbocycles. The maximum absolute atomic E-state index is 12.9. The van der Waals surface area contributed by atoms with Crippen LogP contribution in [0, 0.1) is 0 Å². The van der Waals surface area contributed by atoms with E-state index in [9.17, 15) is 21.6 Å². The number of alkyl halides is 3. The van der Waals surface area contributed by atoms with E-state index in [0.29, 0.717) is 19.0 Å². The molecule has 0 aliphatic heterocycles. The molecular weight excluding hydrogens is 329 g/mol. The molecule has 0 heterocycles. The average molecular weight is 345 g/mol. The molecule has 0 unspecified atom stereocenters. The van der Waals surface area contributed by atoms with Gasteiger partial charge in [0, 0.05) is 11.6 Å². The van der Waals surface area contributed by atoms with Gasteiger partial charge < -0.3 is 5.32 Å². The largest absolute Gasteiger partial charge is 0.417 e. The molecule has 4 nitrogen and oxygen atoms in total. The third-order valence-electron chi connectivity index (χ3n) is 2.61. The highest BCUT2D eigenvalue weighted by Gasteiger charge is 2.37. The van der Waals surface area contributed by atoms with Crippen LogP contribution in [0.2, 0.25) is 5.02 Å². The van der Waals surface area contributed by atoms with Crippen molar-refractivity contribution in [3.8, 4) is 0 Å². The van der Waals surface area contributed by atoms with Gasteiger partial charge in [-0.3, -0.25) is 0 Å². The Kier molecular flexibility index (Phi) is 6.45. The highest BCUT2D eigenvalue weighted by Crippen LogP contribution is 2.35. The lowest BCUT2D eigenvalue weighted by atomic mass is 10.2. The van der Waals surface area contributed by atoms with E-state index in [2.05, 4.69) is 10.0 Å². The van der Waals surface area contributed by atoms with Gasteiger partial charge in [0.05, 0.1) is 10.5 Å². The zero-order valence-corrected chi connectivity index (χ0v) is 12.9. The summed E-state index contributed by atoms with van der Waals surface area (Å²) in [6.45, 7) is 3.26. The number of nitrogens with one attached hydrogen (secondary N) is 2. The molecule has 2 N–H and O–H groups in total. The Morgan fingerprint density at radius 3 is 2.48 bits per heavy atom. The molecule has 0 aliphatic carbocycles. The Hall–Kier alpha value is -0.830. The van der Waals surface area contributed by atoms with Crippen LogP contribution in [0.25, 0.3) is 0 Å². The highest BCUT2D eigenvalue weighted by atomic mass is 35.5. The third-order valence-corrected chi connectivity index (χ3v) is 4.36. The fourth-order valence-electron chi connectivity index (χ4n) is 1.63. The lowest BCUT2D eigenvalue weighted by molar-refractivity contribution is -0.139. The van der Waals surface area contributed by atoms with E-state index in [1.54, 1.807) is 0 Å². The zero-order valence-electron chi connectivity index (χ0n) is 11.3. The summed E-state index contributed by atoms with van der Waals surface area (Å²) in [7, 11) is -4.23. The molecule has 0 bridgehead atoms. The minimum absolute atomic E-state index is 0.0509. The number of halogens is 4. The van der Waals surface area contributed by atoms with Crippen LogP contribution in [0.4, 0.5) is 13.2 Å². The second kappa shape index (κ2) is 7.44. The first-order chi connectivity index (χ1) is 9.68. The predicted octanol–water partition coefficient (Wildman–Crippen LogP) is 2.64. The Balaban J connectivity index is 2.93. The third kappa shape index (κ3) is 5.46. The quantitative estimate of drug-likeness (QED) is 0.748. The van der Waals surface area contributed by atoms with E-state index in [4.69, 9.17) is 11.6 Å². The van der Waals surface area contributed by atoms with Crippen LogP contribution in [0.15, 0.2) is 23.1 Å². The van der Waals surface area contributed by atoms with Crippen molar-refractivity contribution in [3.05, 3.63) is 28.8 Å². The SMILES string of the molecule is CCNCCCNS(=O)(=O)c1ccc(Cl)cc1C(F)(F)F. The minimum atomic E-state index is -4.79. The lowest BCUT2D eigenvalue weighted by Crippen LogP contribution is -2.29. The van der Waals surface area contributed by atoms with Gasteiger partial charge in [0.25, 0.3) is 0 Å². The van der Waals surface area contributed by atoms with Crippen LogP contribution in [0.5, 0.6) is 0 Å². The average Bonchev–Trinajstić information content (AvgIpc) is 2.37. The molecule has 0 saturated carbocycles. The van der Waals surface area contributed by atoms with Crippen LogP contribution in [0.3, 0.4) is 0 Å². The molecule has 0 aliphatic rings. The maximum atomic E-state index is 12.9. The number of sulfonamides is 1. The van der Waals surface area contributed by atoms with Crippen molar-refractivity contribution >= 4 is 21.6 Å². The molecule has 0 fully saturated rings. The topological polar surface area (TPSA) is 58.2 Å². The van der Waals surface area contributed by atoms with Crippen molar-refractivity contribution < 1.29 is 21.6 Å². The molecule has 0 amide bonds. The van der Waals surface area contributed by atoms with E-state index < -0.39 is 26.7 Å². The van der Waals surface area contributed by atoms with Crippen molar-refractivity contribution in [2.75, 3.05) is 19.6 Å². The van der Waals surface area contributed by atoms with Gasteiger partial charge in [-0.25, -0.2) is 13.1 Å². The summed E-state index contributed by atoms with van der Waals surface area (Å²) in [4.78, 5) is -0.817. The molecule has 0 aromatic heterocycles. The minimum Gasteiger partial charge on any atom is -0.317 e. The molecule has 1 aromatic rings. The first-order valence-electron chi connectivity index (χ1n) is 6.25. The molecule has 0 saturated heterocycles. The summed E-state index contributed by atoms with van der Waals surface area (Å²) in [5.41, 5.74) is -1.27. The fourth-order valence-corrected chi connectivity index (χ4v) is 3.08. The molecular formula is C12H16ClF3N2O2S. The molecule has 1 rings (SSSR count). The van der Waals surface area contributed by atoms with Gasteiger partial charge in [-0.1, -0.05) is 18.5 Å². The van der Waals surface area contributed by atoms with E-state index in [0.717, 1.165) is 18.7 Å². The van der Waals surface area contributed by atoms with Gasteiger partial charge in [-0.2, -0.15) is 13.2 Å². The number of benzene rings is 1. The summed E-state index contributed by atoms with van der Waals surface area (Å²) >= 11 is 5.51. The van der Waals surface area contributed by atoms with Crippen LogP contribution in [0.1, 0.15) is 18.9 Å². The first-order valence-corrected chi connectivity index (χ1v) is 8.11. The van der Waals surface area contributed by atoms with Gasteiger partial charge >= 0.3 is 6.18 Å². The molecule has 21 heavy (non-hydrogen) atoms. The summed E-state index contributed by atoms with van der Waals surface area (Å²) in [6.07, 6.45) is -4.32. The van der Waals surface area contributed by atoms with Crippen LogP contribution >= 0.6 is 11.6 Å². The van der Waals surface area contributed by atoms with Crippen LogP contribution < -0.4 is 10.0 Å². The Morgan fingerprint density at radius 2 is 1.90 bits per heavy atom. The summed E-state index contributed by atoms with van der Waals surface area (Å²) in [6, 6.07) is 2.58. The van der Waals surface area contributed by atoms with Gasteiger partial charge in [0.15, 0.2) is 0 Å². The molecule has 9 heteroatoms. The van der Waals surface area contributed by atoms with Crippen LogP contribution in [-0.4, -0.2) is 28.1 Å². The highest BCUT2D eigenvalue weighted by molar-refractivity contribution is 7.89. The molecule has 0 atom stereocenters. The molecule has 120 valence electrons.